The van der Waals surface area contributed by atoms with Crippen LogP contribution in [0.3, 0.4) is 0 Å². The minimum absolute atomic E-state index is 0.346. The Balaban J connectivity index is 2.75. The fourth-order valence-corrected chi connectivity index (χ4v) is 0.694. The van der Waals surface area contributed by atoms with Crippen LogP contribution >= 0.6 is 0 Å². The Hall–Kier alpha value is -1.74. The second kappa shape index (κ2) is 1.62. The largest absolute Gasteiger partial charge is 0.382 e. The van der Waals surface area contributed by atoms with E-state index >= 15 is 0 Å². The van der Waals surface area contributed by atoms with Crippen molar-refractivity contribution in [2.24, 2.45) is 9.98 Å². The summed E-state index contributed by atoms with van der Waals surface area (Å²) in [6, 6.07) is 2.40. The molecule has 48 valence electrons. The first-order valence-electron chi connectivity index (χ1n) is 2.65. The highest BCUT2D eigenvalue weighted by Gasteiger charge is 2.08. The van der Waals surface area contributed by atoms with Crippen LogP contribution in [0.4, 0.5) is 17.3 Å². The summed E-state index contributed by atoms with van der Waals surface area (Å²) in [4.78, 5) is 15.0. The second-order valence-corrected chi connectivity index (χ2v) is 1.75. The van der Waals surface area contributed by atoms with Crippen LogP contribution in [-0.4, -0.2) is 16.0 Å². The van der Waals surface area contributed by atoms with Crippen LogP contribution in [0.1, 0.15) is 0 Å². The van der Waals surface area contributed by atoms with Crippen molar-refractivity contribution in [3.8, 4) is 0 Å². The van der Waals surface area contributed by atoms with Gasteiger partial charge in [0.05, 0.1) is 0 Å². The fraction of sp³-hybridized carbons (Fsp3) is 0. The van der Waals surface area contributed by atoms with E-state index in [1.165, 1.54) is 6.33 Å². The average molecular weight is 133 g/mol. The number of aromatic nitrogens is 2. The Labute approximate surface area is 56.4 Å². The van der Waals surface area contributed by atoms with Crippen LogP contribution < -0.4 is 5.73 Å². The Morgan fingerprint density at radius 1 is 1.30 bits per heavy atom. The Morgan fingerprint density at radius 2 is 2.20 bits per heavy atom. The highest BCUT2D eigenvalue weighted by molar-refractivity contribution is 5.79. The number of aliphatic imine (C=N–C) groups is 2. The van der Waals surface area contributed by atoms with E-state index in [0.717, 1.165) is 0 Å². The first-order valence-corrected chi connectivity index (χ1v) is 2.65. The van der Waals surface area contributed by atoms with E-state index in [2.05, 4.69) is 26.0 Å². The van der Waals surface area contributed by atoms with Gasteiger partial charge in [-0.25, -0.2) is 9.97 Å². The number of nitrogens with two attached hydrogens (primary N) is 1. The summed E-state index contributed by atoms with van der Waals surface area (Å²) >= 11 is 0. The lowest BCUT2D eigenvalue weighted by Gasteiger charge is -1.93. The summed E-state index contributed by atoms with van der Waals surface area (Å²) in [7, 11) is 0. The minimum atomic E-state index is 0.346. The SMILES string of the molecule is Nc1ncnc2c1N=C=N2. The predicted molar refractivity (Wildman–Crippen MR) is 35.6 cm³/mol. The molecule has 2 heterocycles. The molecule has 5 nitrogen and oxygen atoms in total. The van der Waals surface area contributed by atoms with Gasteiger partial charge in [-0.2, -0.15) is 9.98 Å². The fourth-order valence-electron chi connectivity index (χ4n) is 0.694. The Kier molecular flexibility index (Phi) is 0.822. The molecule has 0 bridgehead atoms. The van der Waals surface area contributed by atoms with Crippen molar-refractivity contribution in [2.45, 2.75) is 0 Å². The third-order valence-corrected chi connectivity index (χ3v) is 1.15. The summed E-state index contributed by atoms with van der Waals surface area (Å²) < 4.78 is 0. The van der Waals surface area contributed by atoms with Crippen molar-refractivity contribution in [1.29, 1.82) is 0 Å². The maximum atomic E-state index is 5.43. The number of rotatable bonds is 0. The maximum absolute atomic E-state index is 5.43. The number of anilines is 1. The van der Waals surface area contributed by atoms with Crippen molar-refractivity contribution < 1.29 is 0 Å². The van der Waals surface area contributed by atoms with Crippen LogP contribution in [0.25, 0.3) is 0 Å². The highest BCUT2D eigenvalue weighted by Crippen LogP contribution is 2.31. The molecule has 1 aromatic rings. The van der Waals surface area contributed by atoms with E-state index in [4.69, 9.17) is 5.73 Å². The van der Waals surface area contributed by atoms with Gasteiger partial charge in [0, 0.05) is 0 Å². The highest BCUT2D eigenvalue weighted by atomic mass is 15.1. The van der Waals surface area contributed by atoms with Gasteiger partial charge in [-0.1, -0.05) is 0 Å². The summed E-state index contributed by atoms with van der Waals surface area (Å²) in [5.41, 5.74) is 5.94. The van der Waals surface area contributed by atoms with Gasteiger partial charge in [-0.05, 0) is 0 Å². The Bertz CT molecular complexity index is 336. The van der Waals surface area contributed by atoms with Gasteiger partial charge in [-0.15, -0.1) is 0 Å². The van der Waals surface area contributed by atoms with E-state index in [-0.39, 0.29) is 0 Å². The van der Waals surface area contributed by atoms with Crippen molar-refractivity contribution >= 4 is 23.3 Å². The number of nitrogens with zero attached hydrogens (tertiary/aromatic N) is 4. The molecule has 2 N–H and O–H groups in total. The predicted octanol–water partition coefficient (Wildman–Crippen LogP) is 0.509. The lowest BCUT2D eigenvalue weighted by atomic mass is 10.4. The molecular formula is C5H3N5. The van der Waals surface area contributed by atoms with Crippen molar-refractivity contribution in [1.82, 2.24) is 9.97 Å². The molecule has 0 aromatic carbocycles. The number of hydrogen-bond acceptors (Lipinski definition) is 5. The quantitative estimate of drug-likeness (QED) is 0.568. The van der Waals surface area contributed by atoms with Crippen molar-refractivity contribution in [3.05, 3.63) is 6.33 Å². The molecule has 0 fully saturated rings. The average Bonchev–Trinajstić information content (AvgIpc) is 2.36. The zero-order chi connectivity index (χ0) is 6.97. The van der Waals surface area contributed by atoms with Gasteiger partial charge in [0.2, 0.25) is 0 Å². The lowest BCUT2D eigenvalue weighted by molar-refractivity contribution is 1.17. The van der Waals surface area contributed by atoms with E-state index in [1.54, 1.807) is 0 Å². The van der Waals surface area contributed by atoms with Crippen molar-refractivity contribution in [3.63, 3.8) is 0 Å². The summed E-state index contributed by atoms with van der Waals surface area (Å²) in [5, 5.41) is 0. The molecule has 0 atom stereocenters. The number of fused-ring (bicyclic) bond motifs is 1. The third-order valence-electron chi connectivity index (χ3n) is 1.15. The molecule has 0 aliphatic carbocycles. The molecule has 0 spiro atoms. The molecule has 0 saturated carbocycles. The molecule has 5 heteroatoms. The van der Waals surface area contributed by atoms with Gasteiger partial charge >= 0.3 is 0 Å². The van der Waals surface area contributed by atoms with E-state index in [9.17, 15) is 0 Å². The van der Waals surface area contributed by atoms with E-state index in [0.29, 0.717) is 17.3 Å². The molecular weight excluding hydrogens is 130 g/mol. The number of hydrogen-bond donors (Lipinski definition) is 1. The zero-order valence-corrected chi connectivity index (χ0v) is 4.94. The standard InChI is InChI=1S/C5H3N5/c6-4-3-5(9-1-7-3)10-2-8-4/h2H,(H2,6,8,10). The van der Waals surface area contributed by atoms with Crippen LogP contribution in [0.5, 0.6) is 0 Å². The van der Waals surface area contributed by atoms with E-state index < -0.39 is 0 Å². The first-order chi connectivity index (χ1) is 4.88. The van der Waals surface area contributed by atoms with Gasteiger partial charge in [0.1, 0.15) is 12.3 Å². The Morgan fingerprint density at radius 3 is 3.00 bits per heavy atom. The molecule has 1 aliphatic heterocycles. The van der Waals surface area contributed by atoms with Gasteiger partial charge in [0.15, 0.2) is 17.3 Å². The smallest absolute Gasteiger partial charge is 0.195 e. The molecule has 2 rings (SSSR count). The zero-order valence-electron chi connectivity index (χ0n) is 4.94. The topological polar surface area (TPSA) is 76.5 Å². The van der Waals surface area contributed by atoms with Gasteiger partial charge < -0.3 is 5.73 Å². The van der Waals surface area contributed by atoms with E-state index in [1.807, 2.05) is 0 Å². The van der Waals surface area contributed by atoms with Crippen LogP contribution in [0, 0.1) is 0 Å². The molecule has 1 aliphatic rings. The molecule has 0 radical (unpaired) electrons. The summed E-state index contributed by atoms with van der Waals surface area (Å²) in [6.45, 7) is 0. The van der Waals surface area contributed by atoms with Crippen LogP contribution in [0.15, 0.2) is 16.3 Å². The maximum Gasteiger partial charge on any atom is 0.195 e. The van der Waals surface area contributed by atoms with Crippen molar-refractivity contribution in [2.75, 3.05) is 5.73 Å². The molecule has 0 amide bonds. The summed E-state index contributed by atoms with van der Waals surface area (Å²) in [5.74, 6) is 0.839. The molecule has 1 aromatic heterocycles. The lowest BCUT2D eigenvalue weighted by Crippen LogP contribution is -1.89. The monoisotopic (exact) mass is 133 g/mol. The van der Waals surface area contributed by atoms with Gasteiger partial charge in [0.25, 0.3) is 0 Å². The normalized spacial score (nSPS) is 12.0. The molecule has 0 saturated heterocycles. The molecule has 10 heavy (non-hydrogen) atoms. The number of nitrogen functional groups attached to an aromatic ring is 1. The van der Waals surface area contributed by atoms with Crippen LogP contribution in [-0.2, 0) is 0 Å². The van der Waals surface area contributed by atoms with Crippen LogP contribution in [0.2, 0.25) is 0 Å². The second-order valence-electron chi connectivity index (χ2n) is 1.75. The minimum Gasteiger partial charge on any atom is -0.382 e. The first kappa shape index (κ1) is 5.08. The third kappa shape index (κ3) is 0.519. The molecule has 0 unspecified atom stereocenters. The van der Waals surface area contributed by atoms with Gasteiger partial charge in [-0.3, -0.25) is 0 Å². The summed E-state index contributed by atoms with van der Waals surface area (Å²) in [6.07, 6.45) is 1.35.